The third-order valence-electron chi connectivity index (χ3n) is 0.957. The van der Waals surface area contributed by atoms with E-state index in [4.69, 9.17) is 0 Å². The fourth-order valence-electron chi connectivity index (χ4n) is 0.576. The quantitative estimate of drug-likeness (QED) is 0.512. The zero-order valence-corrected chi connectivity index (χ0v) is 7.23. The summed E-state index contributed by atoms with van der Waals surface area (Å²) in [6.07, 6.45) is 7.65. The van der Waals surface area contributed by atoms with E-state index in [1.807, 2.05) is 0 Å². The van der Waals surface area contributed by atoms with Crippen LogP contribution in [0.2, 0.25) is 0 Å². The van der Waals surface area contributed by atoms with Crippen molar-refractivity contribution in [2.45, 2.75) is 13.3 Å². The summed E-state index contributed by atoms with van der Waals surface area (Å²) < 4.78 is 0. The van der Waals surface area contributed by atoms with E-state index in [9.17, 15) is 0 Å². The van der Waals surface area contributed by atoms with Gasteiger partial charge < -0.3 is 0 Å². The predicted molar refractivity (Wildman–Crippen MR) is 35.0 cm³/mol. The predicted octanol–water partition coefficient (Wildman–Crippen LogP) is 2.35. The van der Waals surface area contributed by atoms with Crippen LogP contribution in [-0.2, 0) is 21.7 Å². The minimum atomic E-state index is 0. The van der Waals surface area contributed by atoms with Crippen molar-refractivity contribution in [3.05, 3.63) is 23.8 Å². The van der Waals surface area contributed by atoms with Crippen LogP contribution >= 0.6 is 0 Å². The maximum atomic E-state index is 2.21. The van der Waals surface area contributed by atoms with Gasteiger partial charge in [-0.1, -0.05) is 23.8 Å². The van der Waals surface area contributed by atoms with Gasteiger partial charge in [0.25, 0.3) is 0 Å². The molecule has 0 unspecified atom stereocenters. The summed E-state index contributed by atoms with van der Waals surface area (Å²) in [5.74, 6) is 0. The van der Waals surface area contributed by atoms with E-state index in [0.29, 0.717) is 0 Å². The van der Waals surface area contributed by atoms with Crippen molar-refractivity contribution in [1.82, 2.24) is 0 Å². The van der Waals surface area contributed by atoms with Crippen LogP contribution in [0, 0.1) is 0 Å². The molecule has 4 heteroatoms. The van der Waals surface area contributed by atoms with Gasteiger partial charge >= 0.3 is 0 Å². The summed E-state index contributed by atoms with van der Waals surface area (Å²) in [5, 5.41) is 0. The standard InChI is InChI=1S/C6H8.3FH.Ti/c1-6-4-2-3-5-6;;;;/h2,4-5H,3H2,1H3;3*1H;. The maximum absolute atomic E-state index is 2.21. The first-order valence-electron chi connectivity index (χ1n) is 2.23. The Hall–Kier alpha value is -0.0157. The molecule has 0 radical (unpaired) electrons. The topological polar surface area (TPSA) is 0 Å². The van der Waals surface area contributed by atoms with Crippen molar-refractivity contribution in [2.24, 2.45) is 0 Å². The maximum Gasteiger partial charge on any atom is 0 e. The minimum Gasteiger partial charge on any atom is -0.269 e. The van der Waals surface area contributed by atoms with Crippen LogP contribution in [0.5, 0.6) is 0 Å². The van der Waals surface area contributed by atoms with Gasteiger partial charge in [-0.2, -0.15) is 0 Å². The first-order valence-corrected chi connectivity index (χ1v) is 2.23. The molecule has 0 fully saturated rings. The van der Waals surface area contributed by atoms with Gasteiger partial charge in [-0.05, 0) is 13.3 Å². The normalized spacial score (nSPS) is 11.1. The van der Waals surface area contributed by atoms with Crippen molar-refractivity contribution < 1.29 is 35.8 Å². The SMILES string of the molecule is CC1=CCC=C1.F.F.F.[Ti]. The fourth-order valence-corrected chi connectivity index (χ4v) is 0.576. The van der Waals surface area contributed by atoms with Gasteiger partial charge in [0.15, 0.2) is 0 Å². The third-order valence-corrected chi connectivity index (χ3v) is 0.957. The Morgan fingerprint density at radius 3 is 1.80 bits per heavy atom. The molecule has 0 spiro atoms. The van der Waals surface area contributed by atoms with Crippen LogP contribution in [0.3, 0.4) is 0 Å². The van der Waals surface area contributed by atoms with Crippen molar-refractivity contribution in [3.8, 4) is 0 Å². The van der Waals surface area contributed by atoms with E-state index in [0.717, 1.165) is 6.42 Å². The van der Waals surface area contributed by atoms with Crippen LogP contribution in [0.1, 0.15) is 13.3 Å². The molecule has 0 saturated heterocycles. The number of allylic oxidation sites excluding steroid dienone is 4. The van der Waals surface area contributed by atoms with E-state index < -0.39 is 0 Å². The van der Waals surface area contributed by atoms with Crippen molar-refractivity contribution in [3.63, 3.8) is 0 Å². The molecule has 0 saturated carbocycles. The minimum absolute atomic E-state index is 0. The Labute approximate surface area is 73.4 Å². The Kier molecular flexibility index (Phi) is 26.4. The molecule has 0 aliphatic heterocycles. The molecule has 0 nitrogen and oxygen atoms in total. The molecule has 0 aromatic rings. The molecule has 0 aromatic heterocycles. The molecule has 0 amide bonds. The van der Waals surface area contributed by atoms with Gasteiger partial charge in [0.2, 0.25) is 0 Å². The smallest absolute Gasteiger partial charge is 0 e. The van der Waals surface area contributed by atoms with Gasteiger partial charge in [0.1, 0.15) is 0 Å². The Bertz CT molecular complexity index is 107. The van der Waals surface area contributed by atoms with Crippen molar-refractivity contribution >= 4 is 0 Å². The summed E-state index contributed by atoms with van der Waals surface area (Å²) in [6, 6.07) is 0. The summed E-state index contributed by atoms with van der Waals surface area (Å²) in [6.45, 7) is 2.11. The first kappa shape index (κ1) is 22.5. The second-order valence-corrected chi connectivity index (χ2v) is 1.59. The summed E-state index contributed by atoms with van der Waals surface area (Å²) in [4.78, 5) is 0. The zero-order chi connectivity index (χ0) is 4.41. The molecule has 1 rings (SSSR count). The monoisotopic (exact) mass is 188 g/mol. The van der Waals surface area contributed by atoms with Gasteiger partial charge in [-0.25, -0.2) is 0 Å². The fraction of sp³-hybridized carbons (Fsp3) is 0.333. The summed E-state index contributed by atoms with van der Waals surface area (Å²) >= 11 is 0. The van der Waals surface area contributed by atoms with Crippen LogP contribution in [0.25, 0.3) is 0 Å². The Balaban J connectivity index is -0.0000000450. The van der Waals surface area contributed by atoms with E-state index in [1.54, 1.807) is 0 Å². The first-order chi connectivity index (χ1) is 2.89. The Morgan fingerprint density at radius 2 is 1.70 bits per heavy atom. The van der Waals surface area contributed by atoms with Gasteiger partial charge in [0.05, 0.1) is 0 Å². The molecule has 1 aliphatic rings. The molecule has 0 aromatic carbocycles. The second kappa shape index (κ2) is 11.7. The van der Waals surface area contributed by atoms with E-state index >= 15 is 0 Å². The largest absolute Gasteiger partial charge is 0.269 e. The molecular formula is C6H11F3Ti. The van der Waals surface area contributed by atoms with E-state index in [2.05, 4.69) is 25.2 Å². The Morgan fingerprint density at radius 1 is 1.20 bits per heavy atom. The molecule has 60 valence electrons. The van der Waals surface area contributed by atoms with Crippen molar-refractivity contribution in [2.75, 3.05) is 0 Å². The molecule has 0 N–H and O–H groups in total. The van der Waals surface area contributed by atoms with E-state index in [1.165, 1.54) is 5.57 Å². The number of hydrogen-bond acceptors (Lipinski definition) is 0. The second-order valence-electron chi connectivity index (χ2n) is 1.59. The summed E-state index contributed by atoms with van der Waals surface area (Å²) in [7, 11) is 0. The average molecular weight is 188 g/mol. The van der Waals surface area contributed by atoms with Crippen molar-refractivity contribution in [1.29, 1.82) is 0 Å². The van der Waals surface area contributed by atoms with Gasteiger partial charge in [0, 0.05) is 21.7 Å². The molecular weight excluding hydrogens is 177 g/mol. The van der Waals surface area contributed by atoms with Crippen LogP contribution in [0.4, 0.5) is 14.1 Å². The van der Waals surface area contributed by atoms with Crippen LogP contribution in [-0.4, -0.2) is 0 Å². The zero-order valence-electron chi connectivity index (χ0n) is 5.66. The number of rotatable bonds is 0. The van der Waals surface area contributed by atoms with E-state index in [-0.39, 0.29) is 35.8 Å². The van der Waals surface area contributed by atoms with Crippen LogP contribution < -0.4 is 0 Å². The number of hydrogen-bond donors (Lipinski definition) is 0. The molecule has 0 bridgehead atoms. The molecule has 0 atom stereocenters. The van der Waals surface area contributed by atoms with Gasteiger partial charge in [-0.15, -0.1) is 0 Å². The van der Waals surface area contributed by atoms with Crippen LogP contribution in [0.15, 0.2) is 23.8 Å². The number of halogens is 3. The molecule has 10 heavy (non-hydrogen) atoms. The molecule has 1 aliphatic carbocycles. The third kappa shape index (κ3) is 7.98. The summed E-state index contributed by atoms with van der Waals surface area (Å²) in [5.41, 5.74) is 1.40. The van der Waals surface area contributed by atoms with Gasteiger partial charge in [-0.3, -0.25) is 14.1 Å². The molecule has 0 heterocycles. The average Bonchev–Trinajstić information content (AvgIpc) is 1.86.